The van der Waals surface area contributed by atoms with Gasteiger partial charge in [-0.25, -0.2) is 9.78 Å². The second-order valence-corrected chi connectivity index (χ2v) is 7.09. The molecule has 0 atom stereocenters. The molecule has 0 aliphatic carbocycles. The Morgan fingerprint density at radius 1 is 1.22 bits per heavy atom. The number of amides is 1. The van der Waals surface area contributed by atoms with Gasteiger partial charge in [-0.15, -0.1) is 0 Å². The molecule has 9 nitrogen and oxygen atoms in total. The molecule has 1 N–H and O–H groups in total. The van der Waals surface area contributed by atoms with E-state index in [-0.39, 0.29) is 11.5 Å². The number of rotatable bonds is 10. The van der Waals surface area contributed by atoms with E-state index in [1.54, 1.807) is 11.6 Å². The Hall–Kier alpha value is -2.42. The molecule has 0 radical (unpaired) electrons. The number of imidazole rings is 1. The molecule has 0 spiro atoms. The van der Waals surface area contributed by atoms with Crippen molar-refractivity contribution in [2.24, 2.45) is 20.0 Å². The van der Waals surface area contributed by atoms with Gasteiger partial charge in [-0.05, 0) is 18.8 Å². The van der Waals surface area contributed by atoms with Crippen LogP contribution in [-0.4, -0.2) is 44.4 Å². The molecule has 2 rings (SSSR count). The highest BCUT2D eigenvalue weighted by Gasteiger charge is 2.14. The lowest BCUT2D eigenvalue weighted by Gasteiger charge is -2.08. The van der Waals surface area contributed by atoms with E-state index in [9.17, 15) is 14.4 Å². The van der Waals surface area contributed by atoms with Crippen molar-refractivity contribution in [2.45, 2.75) is 39.7 Å². The maximum absolute atomic E-state index is 12.3. The molecule has 1 amide bonds. The van der Waals surface area contributed by atoms with Crippen LogP contribution in [-0.2, 0) is 30.2 Å². The Bertz CT molecular complexity index is 894. The Morgan fingerprint density at radius 2 is 1.96 bits per heavy atom. The Balaban J connectivity index is 1.81. The normalized spacial score (nSPS) is 11.4. The van der Waals surface area contributed by atoms with Gasteiger partial charge in [0, 0.05) is 46.8 Å². The third-order valence-corrected chi connectivity index (χ3v) is 4.26. The minimum absolute atomic E-state index is 0.0245. The fourth-order valence-electron chi connectivity index (χ4n) is 2.79. The maximum Gasteiger partial charge on any atom is 0.332 e. The summed E-state index contributed by atoms with van der Waals surface area (Å²) in [6, 6.07) is 0. The van der Waals surface area contributed by atoms with Gasteiger partial charge in [0.15, 0.2) is 11.2 Å². The highest BCUT2D eigenvalue weighted by molar-refractivity contribution is 5.75. The van der Waals surface area contributed by atoms with Gasteiger partial charge in [-0.2, -0.15) is 0 Å². The third kappa shape index (κ3) is 5.29. The number of hydrogen-bond donors (Lipinski definition) is 1. The van der Waals surface area contributed by atoms with E-state index < -0.39 is 5.69 Å². The van der Waals surface area contributed by atoms with Crippen LogP contribution in [0.3, 0.4) is 0 Å². The molecule has 0 bridgehead atoms. The van der Waals surface area contributed by atoms with Crippen molar-refractivity contribution in [1.29, 1.82) is 0 Å². The van der Waals surface area contributed by atoms with Gasteiger partial charge < -0.3 is 14.6 Å². The number of aromatic nitrogens is 4. The number of fused-ring (bicyclic) bond motifs is 1. The lowest BCUT2D eigenvalue weighted by molar-refractivity contribution is -0.121. The molecule has 0 aliphatic rings. The number of nitrogens with one attached hydrogen (secondary N) is 1. The van der Waals surface area contributed by atoms with E-state index in [4.69, 9.17) is 4.74 Å². The summed E-state index contributed by atoms with van der Waals surface area (Å²) < 4.78 is 9.58. The summed E-state index contributed by atoms with van der Waals surface area (Å²) in [7, 11) is 3.03. The lowest BCUT2D eigenvalue weighted by atomic mass is 10.2. The van der Waals surface area contributed by atoms with Crippen LogP contribution in [0.2, 0.25) is 0 Å². The monoisotopic (exact) mass is 379 g/mol. The molecule has 0 saturated heterocycles. The summed E-state index contributed by atoms with van der Waals surface area (Å²) in [6.07, 6.45) is 3.26. The van der Waals surface area contributed by atoms with Crippen LogP contribution in [0.5, 0.6) is 0 Å². The molecule has 0 aliphatic heterocycles. The zero-order chi connectivity index (χ0) is 20.0. The van der Waals surface area contributed by atoms with E-state index in [0.717, 1.165) is 17.6 Å². The summed E-state index contributed by atoms with van der Waals surface area (Å²) in [5.41, 5.74) is -0.0535. The summed E-state index contributed by atoms with van der Waals surface area (Å²) in [4.78, 5) is 40.4. The van der Waals surface area contributed by atoms with Crippen LogP contribution in [0.4, 0.5) is 0 Å². The summed E-state index contributed by atoms with van der Waals surface area (Å²) in [5, 5.41) is 2.87. The highest BCUT2D eigenvalue weighted by atomic mass is 16.5. The van der Waals surface area contributed by atoms with Crippen molar-refractivity contribution in [3.8, 4) is 0 Å². The van der Waals surface area contributed by atoms with Gasteiger partial charge >= 0.3 is 5.69 Å². The molecule has 0 unspecified atom stereocenters. The van der Waals surface area contributed by atoms with Gasteiger partial charge in [-0.1, -0.05) is 13.8 Å². The van der Waals surface area contributed by atoms with Crippen LogP contribution in [0.1, 0.15) is 33.1 Å². The molecule has 2 aromatic rings. The zero-order valence-electron chi connectivity index (χ0n) is 16.5. The molecule has 27 heavy (non-hydrogen) atoms. The van der Waals surface area contributed by atoms with Gasteiger partial charge in [-0.3, -0.25) is 18.7 Å². The Morgan fingerprint density at radius 3 is 2.67 bits per heavy atom. The standard InChI is InChI=1S/C18H29N5O4/c1-13(2)11-27-10-6-8-19-14(24)7-5-9-23-12-20-16-15(23)17(25)22(4)18(26)21(16)3/h12-13H,5-11H2,1-4H3,(H,19,24). The van der Waals surface area contributed by atoms with Gasteiger partial charge in [0.25, 0.3) is 5.56 Å². The third-order valence-electron chi connectivity index (χ3n) is 4.26. The van der Waals surface area contributed by atoms with Gasteiger partial charge in [0.2, 0.25) is 5.91 Å². The van der Waals surface area contributed by atoms with Crippen molar-refractivity contribution >= 4 is 17.1 Å². The van der Waals surface area contributed by atoms with Gasteiger partial charge in [0.1, 0.15) is 0 Å². The lowest BCUT2D eigenvalue weighted by Crippen LogP contribution is -2.37. The summed E-state index contributed by atoms with van der Waals surface area (Å²) in [6.45, 7) is 6.64. The second kappa shape index (κ2) is 9.50. The predicted octanol–water partition coefficient (Wildman–Crippen LogP) is 0.393. The number of aryl methyl sites for hydroxylation is 2. The predicted molar refractivity (Wildman–Crippen MR) is 103 cm³/mol. The molecule has 2 aromatic heterocycles. The van der Waals surface area contributed by atoms with Crippen molar-refractivity contribution in [3.05, 3.63) is 27.2 Å². The van der Waals surface area contributed by atoms with E-state index in [0.29, 0.717) is 49.6 Å². The molecule has 2 heterocycles. The quantitative estimate of drug-likeness (QED) is 0.602. The first-order chi connectivity index (χ1) is 12.8. The number of carbonyl (C=O) groups excluding carboxylic acids is 1. The van der Waals surface area contributed by atoms with Gasteiger partial charge in [0.05, 0.1) is 6.33 Å². The largest absolute Gasteiger partial charge is 0.381 e. The fourth-order valence-corrected chi connectivity index (χ4v) is 2.79. The minimum atomic E-state index is -0.408. The van der Waals surface area contributed by atoms with Crippen LogP contribution < -0.4 is 16.6 Å². The van der Waals surface area contributed by atoms with Crippen LogP contribution >= 0.6 is 0 Å². The minimum Gasteiger partial charge on any atom is -0.381 e. The first-order valence-corrected chi connectivity index (χ1v) is 9.28. The molecule has 150 valence electrons. The number of hydrogen-bond acceptors (Lipinski definition) is 5. The van der Waals surface area contributed by atoms with E-state index in [2.05, 4.69) is 24.1 Å². The zero-order valence-corrected chi connectivity index (χ0v) is 16.5. The topological polar surface area (TPSA) is 100 Å². The van der Waals surface area contributed by atoms with E-state index >= 15 is 0 Å². The Labute approximate surface area is 158 Å². The molecule has 0 fully saturated rings. The Kier molecular flexibility index (Phi) is 7.35. The summed E-state index contributed by atoms with van der Waals surface area (Å²) in [5.74, 6) is 0.488. The molecule has 9 heteroatoms. The van der Waals surface area contributed by atoms with E-state index in [1.165, 1.54) is 17.9 Å². The molecular formula is C18H29N5O4. The summed E-state index contributed by atoms with van der Waals surface area (Å²) >= 11 is 0. The number of nitrogens with zero attached hydrogens (tertiary/aromatic N) is 4. The van der Waals surface area contributed by atoms with E-state index in [1.807, 2.05) is 0 Å². The number of ether oxygens (including phenoxy) is 1. The number of carbonyl (C=O) groups is 1. The highest BCUT2D eigenvalue weighted by Crippen LogP contribution is 2.07. The first kappa shape index (κ1) is 20.9. The van der Waals surface area contributed by atoms with Crippen molar-refractivity contribution in [1.82, 2.24) is 24.0 Å². The first-order valence-electron chi connectivity index (χ1n) is 9.28. The average Bonchev–Trinajstić information content (AvgIpc) is 3.05. The molecular weight excluding hydrogens is 350 g/mol. The fraction of sp³-hybridized carbons (Fsp3) is 0.667. The SMILES string of the molecule is CC(C)COCCCNC(=O)CCCn1cnc2c1c(=O)n(C)c(=O)n2C. The van der Waals surface area contributed by atoms with Crippen LogP contribution in [0, 0.1) is 5.92 Å². The van der Waals surface area contributed by atoms with Crippen molar-refractivity contribution in [3.63, 3.8) is 0 Å². The van der Waals surface area contributed by atoms with Crippen LogP contribution in [0.25, 0.3) is 11.2 Å². The second-order valence-electron chi connectivity index (χ2n) is 7.09. The van der Waals surface area contributed by atoms with Crippen molar-refractivity contribution < 1.29 is 9.53 Å². The average molecular weight is 379 g/mol. The maximum atomic E-state index is 12.3. The van der Waals surface area contributed by atoms with Crippen LogP contribution in [0.15, 0.2) is 15.9 Å². The molecule has 0 aromatic carbocycles. The molecule has 0 saturated carbocycles. The smallest absolute Gasteiger partial charge is 0.332 e. The van der Waals surface area contributed by atoms with Crippen molar-refractivity contribution in [2.75, 3.05) is 19.8 Å².